The highest BCUT2D eigenvalue weighted by atomic mass is 16.4. The van der Waals surface area contributed by atoms with Gasteiger partial charge in [-0.25, -0.2) is 4.98 Å². The summed E-state index contributed by atoms with van der Waals surface area (Å²) in [6.07, 6.45) is 3.18. The van der Waals surface area contributed by atoms with E-state index in [1.807, 2.05) is 25.1 Å². The molecule has 0 amide bonds. The van der Waals surface area contributed by atoms with Crippen LogP contribution in [-0.2, 0) is 12.8 Å². The second-order valence-electron chi connectivity index (χ2n) is 4.20. The van der Waals surface area contributed by atoms with Crippen LogP contribution < -0.4 is 10.6 Å². The van der Waals surface area contributed by atoms with E-state index >= 15 is 0 Å². The molecule has 3 N–H and O–H groups in total. The number of hydrogen-bond donors (Lipinski definition) is 2. The second kappa shape index (κ2) is 4.00. The van der Waals surface area contributed by atoms with Gasteiger partial charge in [-0.2, -0.15) is 0 Å². The molecule has 0 atom stereocenters. The largest absolute Gasteiger partial charge is 0.409 e. The van der Waals surface area contributed by atoms with E-state index in [2.05, 4.69) is 10.1 Å². The van der Waals surface area contributed by atoms with Crippen molar-refractivity contribution in [3.8, 4) is 0 Å². The van der Waals surface area contributed by atoms with E-state index in [4.69, 9.17) is 10.9 Å². The lowest BCUT2D eigenvalue weighted by atomic mass is 10.1. The number of nitrogens with zero attached hydrogens (tertiary/aromatic N) is 3. The average molecular weight is 220 g/mol. The molecule has 0 saturated heterocycles. The zero-order valence-electron chi connectivity index (χ0n) is 9.56. The molecule has 1 aromatic heterocycles. The van der Waals surface area contributed by atoms with Gasteiger partial charge in [0, 0.05) is 19.8 Å². The molecule has 5 nitrogen and oxygen atoms in total. The lowest BCUT2D eigenvalue weighted by molar-refractivity contribution is 0.318. The minimum absolute atomic E-state index is 0.117. The molecule has 1 heterocycles. The molecule has 1 aliphatic carbocycles. The Labute approximate surface area is 94.6 Å². The van der Waals surface area contributed by atoms with Crippen molar-refractivity contribution in [1.29, 1.82) is 0 Å². The van der Waals surface area contributed by atoms with Crippen molar-refractivity contribution in [1.82, 2.24) is 4.98 Å². The van der Waals surface area contributed by atoms with Crippen LogP contribution in [0.2, 0.25) is 0 Å². The highest BCUT2D eigenvalue weighted by molar-refractivity contribution is 6.01. The average Bonchev–Trinajstić information content (AvgIpc) is 2.73. The number of oxime groups is 1. The summed E-state index contributed by atoms with van der Waals surface area (Å²) >= 11 is 0. The first-order valence-corrected chi connectivity index (χ1v) is 5.31. The predicted molar refractivity (Wildman–Crippen MR) is 63.1 cm³/mol. The van der Waals surface area contributed by atoms with E-state index < -0.39 is 0 Å². The highest BCUT2D eigenvalue weighted by Crippen LogP contribution is 2.26. The van der Waals surface area contributed by atoms with E-state index in [1.54, 1.807) is 0 Å². The van der Waals surface area contributed by atoms with Crippen molar-refractivity contribution in [3.63, 3.8) is 0 Å². The lowest BCUT2D eigenvalue weighted by Crippen LogP contribution is -2.21. The summed E-state index contributed by atoms with van der Waals surface area (Å²) in [5.74, 6) is 0.877. The second-order valence-corrected chi connectivity index (χ2v) is 4.20. The van der Waals surface area contributed by atoms with Crippen LogP contribution in [0.25, 0.3) is 0 Å². The number of aryl methyl sites for hydroxylation is 2. The summed E-state index contributed by atoms with van der Waals surface area (Å²) in [4.78, 5) is 6.46. The summed E-state index contributed by atoms with van der Waals surface area (Å²) in [5.41, 5.74) is 8.71. The molecule has 0 unspecified atom stereocenters. The summed E-state index contributed by atoms with van der Waals surface area (Å²) < 4.78 is 0. The third-order valence-corrected chi connectivity index (χ3v) is 2.84. The van der Waals surface area contributed by atoms with Gasteiger partial charge in [-0.3, -0.25) is 0 Å². The monoisotopic (exact) mass is 220 g/mol. The minimum atomic E-state index is 0.117. The van der Waals surface area contributed by atoms with Crippen LogP contribution in [0.5, 0.6) is 0 Å². The van der Waals surface area contributed by atoms with Gasteiger partial charge >= 0.3 is 0 Å². The minimum Gasteiger partial charge on any atom is -0.409 e. The van der Waals surface area contributed by atoms with E-state index in [1.165, 1.54) is 5.56 Å². The van der Waals surface area contributed by atoms with Crippen LogP contribution >= 0.6 is 0 Å². The highest BCUT2D eigenvalue weighted by Gasteiger charge is 2.19. The summed E-state index contributed by atoms with van der Waals surface area (Å²) in [6.45, 7) is 0. The van der Waals surface area contributed by atoms with Crippen LogP contribution in [0.15, 0.2) is 11.2 Å². The number of aromatic nitrogens is 1. The predicted octanol–water partition coefficient (Wildman–Crippen LogP) is 0.731. The van der Waals surface area contributed by atoms with Gasteiger partial charge in [0.1, 0.15) is 5.82 Å². The fourth-order valence-electron chi connectivity index (χ4n) is 2.04. The molecule has 1 aliphatic rings. The molecule has 0 fully saturated rings. The molecule has 86 valence electrons. The lowest BCUT2D eigenvalue weighted by Gasteiger charge is -2.17. The van der Waals surface area contributed by atoms with Crippen LogP contribution in [-0.4, -0.2) is 30.1 Å². The third kappa shape index (κ3) is 1.68. The Balaban J connectivity index is 2.57. The van der Waals surface area contributed by atoms with Crippen molar-refractivity contribution in [2.45, 2.75) is 19.3 Å². The number of amidine groups is 1. The Morgan fingerprint density at radius 2 is 2.25 bits per heavy atom. The smallest absolute Gasteiger partial charge is 0.173 e. The topological polar surface area (TPSA) is 74.7 Å². The van der Waals surface area contributed by atoms with E-state index in [9.17, 15) is 0 Å². The molecule has 16 heavy (non-hydrogen) atoms. The Kier molecular flexibility index (Phi) is 2.68. The van der Waals surface area contributed by atoms with Gasteiger partial charge < -0.3 is 15.8 Å². The van der Waals surface area contributed by atoms with Crippen molar-refractivity contribution < 1.29 is 5.21 Å². The molecule has 5 heteroatoms. The van der Waals surface area contributed by atoms with Gasteiger partial charge in [-0.15, -0.1) is 0 Å². The van der Waals surface area contributed by atoms with E-state index in [0.29, 0.717) is 5.56 Å². The van der Waals surface area contributed by atoms with Gasteiger partial charge in [0.2, 0.25) is 0 Å². The maximum absolute atomic E-state index is 8.76. The number of pyridine rings is 1. The van der Waals surface area contributed by atoms with Gasteiger partial charge in [-0.1, -0.05) is 5.16 Å². The quantitative estimate of drug-likeness (QED) is 0.333. The van der Waals surface area contributed by atoms with Crippen LogP contribution in [0, 0.1) is 0 Å². The van der Waals surface area contributed by atoms with E-state index in [0.717, 1.165) is 30.8 Å². The molecule has 1 aromatic rings. The van der Waals surface area contributed by atoms with Gasteiger partial charge in [0.15, 0.2) is 5.84 Å². The maximum atomic E-state index is 8.76. The third-order valence-electron chi connectivity index (χ3n) is 2.84. The SMILES string of the molecule is CN(C)c1nc2c(cc1C(N)=NO)CCC2. The van der Waals surface area contributed by atoms with Crippen LogP contribution in [0.3, 0.4) is 0 Å². The van der Waals surface area contributed by atoms with Crippen molar-refractivity contribution in [2.24, 2.45) is 10.9 Å². The Morgan fingerprint density at radius 3 is 2.88 bits per heavy atom. The van der Waals surface area contributed by atoms with Crippen LogP contribution in [0.1, 0.15) is 23.2 Å². The molecule has 0 bridgehead atoms. The fraction of sp³-hybridized carbons (Fsp3) is 0.455. The number of nitrogens with two attached hydrogens (primary N) is 1. The van der Waals surface area contributed by atoms with E-state index in [-0.39, 0.29) is 5.84 Å². The number of fused-ring (bicyclic) bond motifs is 1. The van der Waals surface area contributed by atoms with Crippen molar-refractivity contribution >= 4 is 11.7 Å². The fourth-order valence-corrected chi connectivity index (χ4v) is 2.04. The first kappa shape index (κ1) is 10.7. The maximum Gasteiger partial charge on any atom is 0.173 e. The first-order valence-electron chi connectivity index (χ1n) is 5.31. The van der Waals surface area contributed by atoms with Gasteiger partial charge in [0.05, 0.1) is 5.56 Å². The number of anilines is 1. The molecular formula is C11H16N4O. The molecular weight excluding hydrogens is 204 g/mol. The van der Waals surface area contributed by atoms with Crippen molar-refractivity contribution in [3.05, 3.63) is 22.9 Å². The molecule has 0 saturated carbocycles. The molecule has 0 spiro atoms. The number of hydrogen-bond acceptors (Lipinski definition) is 4. The summed E-state index contributed by atoms with van der Waals surface area (Å²) in [6, 6.07) is 1.99. The first-order chi connectivity index (χ1) is 7.63. The molecule has 0 radical (unpaired) electrons. The standard InChI is InChI=1S/C11H16N4O/c1-15(2)11-8(10(12)14-16)6-7-4-3-5-9(7)13-11/h6,16H,3-5H2,1-2H3,(H2,12,14). The number of rotatable bonds is 2. The normalized spacial score (nSPS) is 15.0. The Morgan fingerprint density at radius 1 is 1.50 bits per heavy atom. The Hall–Kier alpha value is -1.78. The van der Waals surface area contributed by atoms with Crippen LogP contribution in [0.4, 0.5) is 5.82 Å². The summed E-state index contributed by atoms with van der Waals surface area (Å²) in [7, 11) is 3.80. The van der Waals surface area contributed by atoms with Gasteiger partial charge in [0.25, 0.3) is 0 Å². The zero-order chi connectivity index (χ0) is 11.7. The van der Waals surface area contributed by atoms with Gasteiger partial charge in [-0.05, 0) is 30.9 Å². The summed E-state index contributed by atoms with van der Waals surface area (Å²) in [5, 5.41) is 11.8. The Bertz CT molecular complexity index is 440. The molecule has 2 rings (SSSR count). The molecule has 0 aliphatic heterocycles. The zero-order valence-corrected chi connectivity index (χ0v) is 9.56. The van der Waals surface area contributed by atoms with Crippen molar-refractivity contribution in [2.75, 3.05) is 19.0 Å². The molecule has 0 aromatic carbocycles.